The van der Waals surface area contributed by atoms with Gasteiger partial charge >= 0.3 is 0 Å². The predicted octanol–water partition coefficient (Wildman–Crippen LogP) is 4.33. The van der Waals surface area contributed by atoms with Crippen LogP contribution in [-0.2, 0) is 19.6 Å². The maximum atomic E-state index is 3.87. The second-order valence-corrected chi connectivity index (χ2v) is 5.76. The molecule has 1 aromatic carbocycles. The number of para-hydroxylation sites is 1. The third kappa shape index (κ3) is 2.29. The highest BCUT2D eigenvalue weighted by Crippen LogP contribution is 2.33. The van der Waals surface area contributed by atoms with Gasteiger partial charge < -0.3 is 4.57 Å². The van der Waals surface area contributed by atoms with Crippen molar-refractivity contribution in [3.8, 4) is 0 Å². The van der Waals surface area contributed by atoms with Crippen molar-refractivity contribution in [3.05, 3.63) is 48.2 Å². The summed E-state index contributed by atoms with van der Waals surface area (Å²) in [7, 11) is 0. The van der Waals surface area contributed by atoms with Crippen molar-refractivity contribution in [2.75, 3.05) is 6.54 Å². The minimum absolute atomic E-state index is 0.984. The lowest BCUT2D eigenvalue weighted by atomic mass is 10.1. The molecule has 1 aromatic heterocycles. The van der Waals surface area contributed by atoms with Crippen LogP contribution in [0.4, 0.5) is 0 Å². The van der Waals surface area contributed by atoms with Gasteiger partial charge in [-0.15, -0.1) is 6.58 Å². The van der Waals surface area contributed by atoms with E-state index in [9.17, 15) is 0 Å². The quantitative estimate of drug-likeness (QED) is 0.559. The topological polar surface area (TPSA) is 8.17 Å². The van der Waals surface area contributed by atoms with Gasteiger partial charge in [0.15, 0.2) is 0 Å². The Hall–Kier alpha value is -1.54. The Morgan fingerprint density at radius 2 is 2.05 bits per heavy atom. The van der Waals surface area contributed by atoms with Gasteiger partial charge in [0.05, 0.1) is 0 Å². The zero-order valence-electron chi connectivity index (χ0n) is 12.4. The lowest BCUT2D eigenvalue weighted by molar-refractivity contribution is 0.312. The summed E-state index contributed by atoms with van der Waals surface area (Å²) in [6, 6.07) is 8.88. The van der Waals surface area contributed by atoms with Crippen LogP contribution in [0.5, 0.6) is 0 Å². The Kier molecular flexibility index (Phi) is 3.93. The fraction of sp³-hybridized carbons (Fsp3) is 0.444. The van der Waals surface area contributed by atoms with E-state index in [4.69, 9.17) is 0 Å². The van der Waals surface area contributed by atoms with Crippen molar-refractivity contribution >= 4 is 10.9 Å². The van der Waals surface area contributed by atoms with Crippen LogP contribution in [0.15, 0.2) is 36.9 Å². The Bertz CT molecular complexity index is 609. The van der Waals surface area contributed by atoms with Gasteiger partial charge in [0.1, 0.15) is 0 Å². The highest BCUT2D eigenvalue weighted by atomic mass is 15.2. The van der Waals surface area contributed by atoms with Crippen LogP contribution in [0.3, 0.4) is 0 Å². The Labute approximate surface area is 121 Å². The lowest BCUT2D eigenvalue weighted by Crippen LogP contribution is -2.17. The average molecular weight is 268 g/mol. The van der Waals surface area contributed by atoms with Gasteiger partial charge in [-0.05, 0) is 18.1 Å². The molecule has 0 unspecified atom stereocenters. The second-order valence-electron chi connectivity index (χ2n) is 5.76. The number of nitrogens with zero attached hydrogens (tertiary/aromatic N) is 2. The molecule has 3 rings (SSSR count). The molecule has 2 heterocycles. The third-order valence-corrected chi connectivity index (χ3v) is 4.32. The van der Waals surface area contributed by atoms with Crippen molar-refractivity contribution < 1.29 is 0 Å². The zero-order valence-corrected chi connectivity index (χ0v) is 12.4. The molecule has 0 saturated carbocycles. The van der Waals surface area contributed by atoms with Crippen LogP contribution in [0, 0.1) is 0 Å². The minimum atomic E-state index is 0.984. The smallest absolute Gasteiger partial charge is 0.0486 e. The highest BCUT2D eigenvalue weighted by molar-refractivity contribution is 5.86. The predicted molar refractivity (Wildman–Crippen MR) is 85.8 cm³/mol. The number of hydrogen-bond donors (Lipinski definition) is 0. The largest absolute Gasteiger partial charge is 0.343 e. The van der Waals surface area contributed by atoms with E-state index in [1.165, 1.54) is 35.9 Å². The average Bonchev–Trinajstić information content (AvgIpc) is 2.98. The summed E-state index contributed by atoms with van der Waals surface area (Å²) < 4.78 is 2.56. The molecule has 0 radical (unpaired) electrons. The summed E-state index contributed by atoms with van der Waals surface area (Å²) in [5.74, 6) is 0. The molecule has 0 aliphatic carbocycles. The van der Waals surface area contributed by atoms with Crippen molar-refractivity contribution in [2.45, 2.75) is 45.8 Å². The molecular weight excluding hydrogens is 244 g/mol. The third-order valence-electron chi connectivity index (χ3n) is 4.32. The highest BCUT2D eigenvalue weighted by Gasteiger charge is 2.25. The lowest BCUT2D eigenvalue weighted by Gasteiger charge is -2.15. The monoisotopic (exact) mass is 268 g/mol. The van der Waals surface area contributed by atoms with Crippen molar-refractivity contribution in [2.24, 2.45) is 0 Å². The van der Waals surface area contributed by atoms with E-state index < -0.39 is 0 Å². The van der Waals surface area contributed by atoms with E-state index in [0.717, 1.165) is 26.2 Å². The molecule has 0 atom stereocenters. The number of aryl methyl sites for hydroxylation is 1. The molecule has 1 aliphatic heterocycles. The second kappa shape index (κ2) is 5.84. The number of hydrogen-bond acceptors (Lipinski definition) is 1. The molecule has 0 N–H and O–H groups in total. The minimum Gasteiger partial charge on any atom is -0.343 e. The van der Waals surface area contributed by atoms with E-state index in [1.54, 1.807) is 5.56 Å². The van der Waals surface area contributed by atoms with Crippen molar-refractivity contribution in [1.29, 1.82) is 0 Å². The number of fused-ring (bicyclic) bond motifs is 3. The van der Waals surface area contributed by atoms with Gasteiger partial charge in [-0.2, -0.15) is 0 Å². The summed E-state index contributed by atoms with van der Waals surface area (Å²) >= 11 is 0. The summed E-state index contributed by atoms with van der Waals surface area (Å²) in [5, 5.41) is 1.45. The maximum absolute atomic E-state index is 3.87. The van der Waals surface area contributed by atoms with E-state index in [0.29, 0.717) is 0 Å². The van der Waals surface area contributed by atoms with E-state index in [1.807, 2.05) is 6.08 Å². The van der Waals surface area contributed by atoms with Crippen LogP contribution in [0.1, 0.15) is 37.4 Å². The molecule has 0 spiro atoms. The number of rotatable bonds is 6. The molecule has 2 nitrogen and oxygen atoms in total. The van der Waals surface area contributed by atoms with Crippen LogP contribution in [0.2, 0.25) is 0 Å². The molecule has 106 valence electrons. The first-order chi connectivity index (χ1) is 9.85. The molecule has 20 heavy (non-hydrogen) atoms. The first-order valence-electron chi connectivity index (χ1n) is 7.77. The summed E-state index contributed by atoms with van der Waals surface area (Å²) in [6.45, 7) is 10.4. The van der Waals surface area contributed by atoms with Gasteiger partial charge in [0.2, 0.25) is 0 Å². The SMILES string of the molecule is C=CCN1Cc2c(n(CCCCC)c3ccccc23)C1. The van der Waals surface area contributed by atoms with Crippen LogP contribution >= 0.6 is 0 Å². The first kappa shape index (κ1) is 13.4. The van der Waals surface area contributed by atoms with Gasteiger partial charge in [-0.25, -0.2) is 0 Å². The van der Waals surface area contributed by atoms with Crippen LogP contribution in [-0.4, -0.2) is 16.0 Å². The van der Waals surface area contributed by atoms with E-state index in [2.05, 4.69) is 47.2 Å². The molecule has 0 bridgehead atoms. The molecule has 1 aliphatic rings. The van der Waals surface area contributed by atoms with Crippen molar-refractivity contribution in [1.82, 2.24) is 9.47 Å². The Balaban J connectivity index is 1.96. The summed E-state index contributed by atoms with van der Waals surface area (Å²) in [4.78, 5) is 2.47. The molecular formula is C18H24N2. The van der Waals surface area contributed by atoms with E-state index >= 15 is 0 Å². The Morgan fingerprint density at radius 1 is 1.20 bits per heavy atom. The molecule has 0 fully saturated rings. The molecule has 2 aromatic rings. The molecule has 2 heteroatoms. The molecule has 0 amide bonds. The maximum Gasteiger partial charge on any atom is 0.0486 e. The summed E-state index contributed by atoms with van der Waals surface area (Å²) in [6.07, 6.45) is 5.89. The van der Waals surface area contributed by atoms with Gasteiger partial charge in [0.25, 0.3) is 0 Å². The van der Waals surface area contributed by atoms with E-state index in [-0.39, 0.29) is 0 Å². The Morgan fingerprint density at radius 3 is 2.85 bits per heavy atom. The van der Waals surface area contributed by atoms with Crippen molar-refractivity contribution in [3.63, 3.8) is 0 Å². The van der Waals surface area contributed by atoms with Gasteiger partial charge in [0, 0.05) is 42.8 Å². The normalized spacial score (nSPS) is 14.8. The number of aromatic nitrogens is 1. The van der Waals surface area contributed by atoms with Gasteiger partial charge in [-0.3, -0.25) is 4.90 Å². The fourth-order valence-corrected chi connectivity index (χ4v) is 3.36. The standard InChI is InChI=1S/C18H24N2/c1-3-5-8-12-20-17-10-7-6-9-15(17)16-13-19(11-4-2)14-18(16)20/h4,6-7,9-10H,2-3,5,8,11-14H2,1H3. The number of unbranched alkanes of at least 4 members (excludes halogenated alkanes) is 2. The summed E-state index contributed by atoms with van der Waals surface area (Å²) in [5.41, 5.74) is 4.50. The van der Waals surface area contributed by atoms with Crippen LogP contribution in [0.25, 0.3) is 10.9 Å². The van der Waals surface area contributed by atoms with Gasteiger partial charge in [-0.1, -0.05) is 44.0 Å². The molecule has 0 saturated heterocycles. The first-order valence-corrected chi connectivity index (χ1v) is 7.77. The van der Waals surface area contributed by atoms with Crippen LogP contribution < -0.4 is 0 Å². The number of benzene rings is 1. The fourth-order valence-electron chi connectivity index (χ4n) is 3.36. The zero-order chi connectivity index (χ0) is 13.9.